The van der Waals surface area contributed by atoms with Crippen LogP contribution in [0, 0.1) is 5.92 Å². The molecule has 0 amide bonds. The molecular formula is C16H26N2O3S2. The molecule has 1 unspecified atom stereocenters. The quantitative estimate of drug-likeness (QED) is 0.812. The summed E-state index contributed by atoms with van der Waals surface area (Å²) in [5, 5.41) is 0. The van der Waals surface area contributed by atoms with E-state index in [4.69, 9.17) is 0 Å². The minimum Gasteiger partial charge on any atom is -0.303 e. The second-order valence-corrected chi connectivity index (χ2v) is 9.65. The van der Waals surface area contributed by atoms with Crippen LogP contribution in [-0.4, -0.2) is 49.2 Å². The van der Waals surface area contributed by atoms with E-state index in [2.05, 4.69) is 16.5 Å². The van der Waals surface area contributed by atoms with Crippen LogP contribution in [0.3, 0.4) is 0 Å². The molecular weight excluding hydrogens is 332 g/mol. The van der Waals surface area contributed by atoms with Crippen molar-refractivity contribution in [2.75, 3.05) is 36.4 Å². The van der Waals surface area contributed by atoms with Crippen molar-refractivity contribution in [2.24, 2.45) is 5.92 Å². The fourth-order valence-corrected chi connectivity index (χ4v) is 4.34. The van der Waals surface area contributed by atoms with Crippen LogP contribution >= 0.6 is 0 Å². The van der Waals surface area contributed by atoms with E-state index in [1.54, 1.807) is 24.3 Å². The lowest BCUT2D eigenvalue weighted by Gasteiger charge is -2.30. The van der Waals surface area contributed by atoms with Gasteiger partial charge in [-0.25, -0.2) is 8.42 Å². The second-order valence-electron chi connectivity index (χ2n) is 6.33. The SMILES string of the molecule is CC1CCN(CCCS(=O)c2ccc(NS(C)(=O)=O)cc2)CC1. The highest BCUT2D eigenvalue weighted by Gasteiger charge is 2.15. The van der Waals surface area contributed by atoms with Gasteiger partial charge >= 0.3 is 0 Å². The van der Waals surface area contributed by atoms with Gasteiger partial charge in [-0.15, -0.1) is 0 Å². The van der Waals surface area contributed by atoms with E-state index in [1.165, 1.54) is 12.8 Å². The molecule has 1 aromatic carbocycles. The molecule has 0 spiro atoms. The first-order valence-corrected chi connectivity index (χ1v) is 11.2. The van der Waals surface area contributed by atoms with Gasteiger partial charge in [-0.2, -0.15) is 0 Å². The lowest BCUT2D eigenvalue weighted by Crippen LogP contribution is -2.34. The predicted molar refractivity (Wildman–Crippen MR) is 95.6 cm³/mol. The lowest BCUT2D eigenvalue weighted by molar-refractivity contribution is 0.193. The van der Waals surface area contributed by atoms with Crippen LogP contribution in [0.2, 0.25) is 0 Å². The van der Waals surface area contributed by atoms with Crippen molar-refractivity contribution in [2.45, 2.75) is 31.1 Å². The first-order chi connectivity index (χ1) is 10.8. The zero-order valence-electron chi connectivity index (χ0n) is 13.8. The molecule has 23 heavy (non-hydrogen) atoms. The molecule has 0 aromatic heterocycles. The fourth-order valence-electron chi connectivity index (χ4n) is 2.71. The molecule has 1 atom stereocenters. The summed E-state index contributed by atoms with van der Waals surface area (Å²) >= 11 is 0. The molecule has 1 aliphatic rings. The second kappa shape index (κ2) is 8.26. The Hall–Kier alpha value is -0.920. The standard InChI is InChI=1S/C16H26N2O3S2/c1-14-8-11-18(12-9-14)10-3-13-22(19)16-6-4-15(5-7-16)17-23(2,20)21/h4-7,14,17H,3,8-13H2,1-2H3. The fraction of sp³-hybridized carbons (Fsp3) is 0.625. The smallest absolute Gasteiger partial charge is 0.229 e. The van der Waals surface area contributed by atoms with Crippen molar-refractivity contribution in [1.29, 1.82) is 0 Å². The van der Waals surface area contributed by atoms with Gasteiger partial charge in [-0.1, -0.05) is 6.92 Å². The zero-order chi connectivity index (χ0) is 16.9. The molecule has 2 rings (SSSR count). The molecule has 1 N–H and O–H groups in total. The number of hydrogen-bond acceptors (Lipinski definition) is 4. The molecule has 0 saturated carbocycles. The van der Waals surface area contributed by atoms with Crippen molar-refractivity contribution in [1.82, 2.24) is 4.90 Å². The molecule has 1 heterocycles. The molecule has 1 aromatic rings. The maximum atomic E-state index is 12.3. The van der Waals surface area contributed by atoms with Gasteiger partial charge in [0.05, 0.1) is 17.1 Å². The highest BCUT2D eigenvalue weighted by Crippen LogP contribution is 2.17. The van der Waals surface area contributed by atoms with E-state index >= 15 is 0 Å². The molecule has 1 fully saturated rings. The topological polar surface area (TPSA) is 66.5 Å². The number of hydrogen-bond donors (Lipinski definition) is 1. The number of benzene rings is 1. The van der Waals surface area contributed by atoms with Crippen molar-refractivity contribution >= 4 is 26.5 Å². The van der Waals surface area contributed by atoms with Crippen LogP contribution < -0.4 is 4.72 Å². The Morgan fingerprint density at radius 1 is 1.22 bits per heavy atom. The van der Waals surface area contributed by atoms with Gasteiger partial charge in [0.15, 0.2) is 0 Å². The number of nitrogens with zero attached hydrogens (tertiary/aromatic N) is 1. The monoisotopic (exact) mass is 358 g/mol. The summed E-state index contributed by atoms with van der Waals surface area (Å²) in [6.45, 7) is 5.61. The van der Waals surface area contributed by atoms with Gasteiger partial charge in [0.25, 0.3) is 0 Å². The minimum absolute atomic E-state index is 0.496. The van der Waals surface area contributed by atoms with Crippen LogP contribution in [-0.2, 0) is 20.8 Å². The van der Waals surface area contributed by atoms with Crippen molar-refractivity contribution in [3.05, 3.63) is 24.3 Å². The summed E-state index contributed by atoms with van der Waals surface area (Å²) in [6, 6.07) is 6.76. The number of rotatable bonds is 7. The molecule has 5 nitrogen and oxygen atoms in total. The molecule has 130 valence electrons. The third-order valence-corrected chi connectivity index (χ3v) is 6.16. The lowest BCUT2D eigenvalue weighted by atomic mass is 9.99. The summed E-state index contributed by atoms with van der Waals surface area (Å²) in [6.07, 6.45) is 4.56. The van der Waals surface area contributed by atoms with Crippen molar-refractivity contribution in [3.63, 3.8) is 0 Å². The number of anilines is 1. The van der Waals surface area contributed by atoms with E-state index in [1.807, 2.05) is 0 Å². The molecule has 1 aliphatic heterocycles. The Labute approximate surface area is 142 Å². The average Bonchev–Trinajstić information content (AvgIpc) is 2.48. The van der Waals surface area contributed by atoms with Crippen LogP contribution in [0.15, 0.2) is 29.2 Å². The van der Waals surface area contributed by atoms with Gasteiger partial charge in [0.2, 0.25) is 10.0 Å². The summed E-state index contributed by atoms with van der Waals surface area (Å²) in [7, 11) is -4.30. The Bertz CT molecular complexity index is 621. The molecule has 7 heteroatoms. The zero-order valence-corrected chi connectivity index (χ0v) is 15.5. The average molecular weight is 359 g/mol. The van der Waals surface area contributed by atoms with E-state index in [-0.39, 0.29) is 0 Å². The van der Waals surface area contributed by atoms with Gasteiger partial charge in [0, 0.05) is 16.3 Å². The third kappa shape index (κ3) is 6.61. The van der Waals surface area contributed by atoms with Crippen LogP contribution in [0.1, 0.15) is 26.2 Å². The summed E-state index contributed by atoms with van der Waals surface area (Å²) < 4.78 is 37.0. The number of piperidine rings is 1. The van der Waals surface area contributed by atoms with Gasteiger partial charge in [-0.3, -0.25) is 8.93 Å². The third-order valence-electron chi connectivity index (χ3n) is 4.10. The molecule has 0 radical (unpaired) electrons. The number of nitrogens with one attached hydrogen (secondary N) is 1. The first-order valence-electron chi connectivity index (χ1n) is 8.02. The Balaban J connectivity index is 1.77. The maximum absolute atomic E-state index is 12.3. The van der Waals surface area contributed by atoms with Crippen LogP contribution in [0.5, 0.6) is 0 Å². The normalized spacial score (nSPS) is 18.7. The van der Waals surface area contributed by atoms with Crippen molar-refractivity contribution < 1.29 is 12.6 Å². The Kier molecular flexibility index (Phi) is 6.61. The highest BCUT2D eigenvalue weighted by atomic mass is 32.2. The van der Waals surface area contributed by atoms with Gasteiger partial charge < -0.3 is 4.90 Å². The van der Waals surface area contributed by atoms with Crippen LogP contribution in [0.25, 0.3) is 0 Å². The minimum atomic E-state index is -3.27. The summed E-state index contributed by atoms with van der Waals surface area (Å²) in [5.74, 6) is 1.48. The Morgan fingerprint density at radius 3 is 2.39 bits per heavy atom. The van der Waals surface area contributed by atoms with E-state index in [9.17, 15) is 12.6 Å². The largest absolute Gasteiger partial charge is 0.303 e. The number of sulfonamides is 1. The summed E-state index contributed by atoms with van der Waals surface area (Å²) in [4.78, 5) is 3.20. The van der Waals surface area contributed by atoms with E-state index in [0.29, 0.717) is 11.4 Å². The van der Waals surface area contributed by atoms with E-state index in [0.717, 1.165) is 43.1 Å². The maximum Gasteiger partial charge on any atom is 0.229 e. The molecule has 1 saturated heterocycles. The van der Waals surface area contributed by atoms with Gasteiger partial charge in [-0.05, 0) is 69.1 Å². The number of likely N-dealkylation sites (tertiary alicyclic amines) is 1. The summed E-state index contributed by atoms with van der Waals surface area (Å²) in [5.41, 5.74) is 0.496. The van der Waals surface area contributed by atoms with E-state index < -0.39 is 20.8 Å². The first kappa shape index (κ1) is 18.4. The van der Waals surface area contributed by atoms with Gasteiger partial charge in [0.1, 0.15) is 0 Å². The van der Waals surface area contributed by atoms with Crippen molar-refractivity contribution in [3.8, 4) is 0 Å². The van der Waals surface area contributed by atoms with Crippen LogP contribution in [0.4, 0.5) is 5.69 Å². The Morgan fingerprint density at radius 2 is 1.83 bits per heavy atom. The molecule has 0 bridgehead atoms. The highest BCUT2D eigenvalue weighted by molar-refractivity contribution is 7.92. The predicted octanol–water partition coefficient (Wildman–Crippen LogP) is 2.29. The molecule has 0 aliphatic carbocycles.